The van der Waals surface area contributed by atoms with E-state index in [0.29, 0.717) is 11.4 Å². The van der Waals surface area contributed by atoms with E-state index in [-0.39, 0.29) is 24.1 Å². The van der Waals surface area contributed by atoms with Gasteiger partial charge in [-0.1, -0.05) is 30.3 Å². The van der Waals surface area contributed by atoms with Crippen LogP contribution in [0, 0.1) is 0 Å². The number of hydrogen-bond acceptors (Lipinski definition) is 4. The Balaban J connectivity index is 1.68. The lowest BCUT2D eigenvalue weighted by molar-refractivity contribution is -0.115. The second-order valence-corrected chi connectivity index (χ2v) is 5.31. The van der Waals surface area contributed by atoms with E-state index in [2.05, 4.69) is 15.5 Å². The maximum Gasteiger partial charge on any atom is 0.281 e. The van der Waals surface area contributed by atoms with Crippen LogP contribution in [-0.2, 0) is 4.79 Å². The van der Waals surface area contributed by atoms with Crippen molar-refractivity contribution in [2.24, 2.45) is 0 Å². The van der Waals surface area contributed by atoms with E-state index in [0.717, 1.165) is 5.69 Å². The van der Waals surface area contributed by atoms with Crippen molar-refractivity contribution < 1.29 is 9.59 Å². The number of aromatic nitrogens is 3. The lowest BCUT2D eigenvalue weighted by atomic mass is 10.2. The van der Waals surface area contributed by atoms with Crippen molar-refractivity contribution in [3.63, 3.8) is 0 Å². The Bertz CT molecular complexity index is 919. The molecule has 0 unspecified atom stereocenters. The number of amides is 2. The first-order valence-electron chi connectivity index (χ1n) is 7.41. The first-order valence-corrected chi connectivity index (χ1v) is 7.41. The average molecular weight is 319 g/mol. The zero-order valence-corrected chi connectivity index (χ0v) is 12.6. The van der Waals surface area contributed by atoms with Crippen LogP contribution >= 0.6 is 0 Å². The number of benzene rings is 2. The molecular formula is C17H13N5O2. The molecule has 1 aliphatic rings. The van der Waals surface area contributed by atoms with Crippen LogP contribution in [0.2, 0.25) is 0 Å². The molecule has 1 aromatic heterocycles. The van der Waals surface area contributed by atoms with Gasteiger partial charge in [-0.2, -0.15) is 9.90 Å². The maximum absolute atomic E-state index is 12.8. The molecular weight excluding hydrogens is 306 g/mol. The van der Waals surface area contributed by atoms with Crippen LogP contribution in [-0.4, -0.2) is 33.4 Å². The number of para-hydroxylation sites is 3. The topological polar surface area (TPSA) is 80.1 Å². The summed E-state index contributed by atoms with van der Waals surface area (Å²) < 4.78 is 0. The van der Waals surface area contributed by atoms with E-state index in [1.807, 2.05) is 36.4 Å². The van der Waals surface area contributed by atoms with Gasteiger partial charge < -0.3 is 5.32 Å². The van der Waals surface area contributed by atoms with Crippen molar-refractivity contribution in [2.75, 3.05) is 16.8 Å². The number of anilines is 2. The number of fused-ring (bicyclic) bond motifs is 1. The zero-order valence-electron chi connectivity index (χ0n) is 12.6. The summed E-state index contributed by atoms with van der Waals surface area (Å²) in [4.78, 5) is 27.4. The Kier molecular flexibility index (Phi) is 3.31. The number of nitrogens with zero attached hydrogens (tertiary/aromatic N) is 4. The molecule has 118 valence electrons. The second-order valence-electron chi connectivity index (χ2n) is 5.31. The van der Waals surface area contributed by atoms with Gasteiger partial charge in [0.2, 0.25) is 5.91 Å². The van der Waals surface area contributed by atoms with E-state index in [9.17, 15) is 9.59 Å². The van der Waals surface area contributed by atoms with Gasteiger partial charge in [0, 0.05) is 0 Å². The highest BCUT2D eigenvalue weighted by atomic mass is 16.2. The Labute approximate surface area is 137 Å². The standard InChI is InChI=1S/C17H13N5O2/c23-16-11-21(15-9-5-4-8-13(15)19-16)17(24)14-10-18-22(20-14)12-6-2-1-3-7-12/h1-10H,11H2,(H,19,23). The molecule has 24 heavy (non-hydrogen) atoms. The van der Waals surface area contributed by atoms with Gasteiger partial charge in [0.05, 0.1) is 23.3 Å². The van der Waals surface area contributed by atoms with Crippen molar-refractivity contribution in [2.45, 2.75) is 0 Å². The first-order chi connectivity index (χ1) is 11.7. The summed E-state index contributed by atoms with van der Waals surface area (Å²) in [7, 11) is 0. The molecule has 1 aliphatic heterocycles. The largest absolute Gasteiger partial charge is 0.323 e. The minimum atomic E-state index is -0.362. The van der Waals surface area contributed by atoms with E-state index < -0.39 is 0 Å². The fraction of sp³-hybridized carbons (Fsp3) is 0.0588. The molecule has 0 spiro atoms. The number of hydrogen-bond donors (Lipinski definition) is 1. The number of nitrogens with one attached hydrogen (secondary N) is 1. The molecule has 0 saturated heterocycles. The quantitative estimate of drug-likeness (QED) is 0.782. The van der Waals surface area contributed by atoms with Crippen molar-refractivity contribution in [3.8, 4) is 5.69 Å². The SMILES string of the molecule is O=C1CN(C(=O)c2cnn(-c3ccccc3)n2)c2ccccc2N1. The Morgan fingerprint density at radius 2 is 1.79 bits per heavy atom. The van der Waals surface area contributed by atoms with Gasteiger partial charge in [-0.05, 0) is 24.3 Å². The van der Waals surface area contributed by atoms with Crippen LogP contribution in [0.1, 0.15) is 10.5 Å². The van der Waals surface area contributed by atoms with Gasteiger partial charge in [-0.15, -0.1) is 5.10 Å². The zero-order chi connectivity index (χ0) is 16.5. The van der Waals surface area contributed by atoms with Crippen molar-refractivity contribution >= 4 is 23.2 Å². The van der Waals surface area contributed by atoms with E-state index in [4.69, 9.17) is 0 Å². The first kappa shape index (κ1) is 14.1. The van der Waals surface area contributed by atoms with Crippen molar-refractivity contribution in [1.29, 1.82) is 0 Å². The second kappa shape index (κ2) is 5.62. The molecule has 1 N–H and O–H groups in total. The molecule has 0 atom stereocenters. The third-order valence-electron chi connectivity index (χ3n) is 3.71. The van der Waals surface area contributed by atoms with Gasteiger partial charge in [-0.25, -0.2) is 0 Å². The van der Waals surface area contributed by atoms with E-state index >= 15 is 0 Å². The monoisotopic (exact) mass is 319 g/mol. The highest BCUT2D eigenvalue weighted by molar-refractivity contribution is 6.14. The van der Waals surface area contributed by atoms with Crippen LogP contribution in [0.15, 0.2) is 60.8 Å². The normalized spacial score (nSPS) is 13.3. The van der Waals surface area contributed by atoms with Crippen molar-refractivity contribution in [3.05, 3.63) is 66.5 Å². The van der Waals surface area contributed by atoms with E-state index in [1.54, 1.807) is 18.2 Å². The summed E-state index contributed by atoms with van der Waals surface area (Å²) in [6.07, 6.45) is 1.41. The lowest BCUT2D eigenvalue weighted by Gasteiger charge is -2.28. The summed E-state index contributed by atoms with van der Waals surface area (Å²) in [5.41, 5.74) is 2.20. The van der Waals surface area contributed by atoms with Crippen LogP contribution in [0.25, 0.3) is 5.69 Å². The lowest BCUT2D eigenvalue weighted by Crippen LogP contribution is -2.42. The predicted octanol–water partition coefficient (Wildman–Crippen LogP) is 1.87. The fourth-order valence-corrected chi connectivity index (χ4v) is 2.60. The highest BCUT2D eigenvalue weighted by Gasteiger charge is 2.29. The molecule has 4 rings (SSSR count). The van der Waals surface area contributed by atoms with Crippen LogP contribution in [0.5, 0.6) is 0 Å². The van der Waals surface area contributed by atoms with Gasteiger partial charge in [0.25, 0.3) is 5.91 Å². The van der Waals surface area contributed by atoms with Crippen LogP contribution in [0.4, 0.5) is 11.4 Å². The molecule has 7 nitrogen and oxygen atoms in total. The number of rotatable bonds is 2. The molecule has 2 aromatic carbocycles. The third-order valence-corrected chi connectivity index (χ3v) is 3.71. The smallest absolute Gasteiger partial charge is 0.281 e. The predicted molar refractivity (Wildman–Crippen MR) is 88.1 cm³/mol. The van der Waals surface area contributed by atoms with Gasteiger partial charge >= 0.3 is 0 Å². The van der Waals surface area contributed by atoms with Gasteiger partial charge in [0.1, 0.15) is 6.54 Å². The average Bonchev–Trinajstić information content (AvgIpc) is 3.11. The summed E-state index contributed by atoms with van der Waals surface area (Å²) in [6.45, 7) is -0.0476. The number of carbonyl (C=O) groups excluding carboxylic acids is 2. The maximum atomic E-state index is 12.8. The Morgan fingerprint density at radius 3 is 2.62 bits per heavy atom. The Hall–Kier alpha value is -3.48. The molecule has 0 saturated carbocycles. The van der Waals surface area contributed by atoms with Gasteiger partial charge in [-0.3, -0.25) is 14.5 Å². The molecule has 3 aromatic rings. The molecule has 0 bridgehead atoms. The molecule has 2 amide bonds. The molecule has 0 radical (unpaired) electrons. The minimum absolute atomic E-state index is 0.0476. The molecule has 0 aliphatic carbocycles. The number of carbonyl (C=O) groups is 2. The van der Waals surface area contributed by atoms with Crippen LogP contribution in [0.3, 0.4) is 0 Å². The fourth-order valence-electron chi connectivity index (χ4n) is 2.60. The van der Waals surface area contributed by atoms with Crippen LogP contribution < -0.4 is 10.2 Å². The van der Waals surface area contributed by atoms with E-state index in [1.165, 1.54) is 15.9 Å². The Morgan fingerprint density at radius 1 is 1.04 bits per heavy atom. The summed E-state index contributed by atoms with van der Waals surface area (Å²) in [6, 6.07) is 16.5. The van der Waals surface area contributed by atoms with Crippen molar-refractivity contribution in [1.82, 2.24) is 15.0 Å². The molecule has 0 fully saturated rings. The molecule has 2 heterocycles. The summed E-state index contributed by atoms with van der Waals surface area (Å²) in [5.74, 6) is -0.600. The summed E-state index contributed by atoms with van der Waals surface area (Å²) in [5, 5.41) is 11.1. The van der Waals surface area contributed by atoms with Gasteiger partial charge in [0.15, 0.2) is 5.69 Å². The third kappa shape index (κ3) is 2.41. The highest BCUT2D eigenvalue weighted by Crippen LogP contribution is 2.29. The molecule has 7 heteroatoms. The minimum Gasteiger partial charge on any atom is -0.323 e. The summed E-state index contributed by atoms with van der Waals surface area (Å²) >= 11 is 0.